The maximum Gasteiger partial charge on any atom is 0.416 e. The summed E-state index contributed by atoms with van der Waals surface area (Å²) >= 11 is 0. The number of nitrogens with two attached hydrogens (primary N) is 2. The fourth-order valence-electron chi connectivity index (χ4n) is 3.25. The summed E-state index contributed by atoms with van der Waals surface area (Å²) in [5, 5.41) is 0.867. The monoisotopic (exact) mass is 468 g/mol. The van der Waals surface area contributed by atoms with Gasteiger partial charge in [0.1, 0.15) is 11.4 Å². The molecule has 4 rings (SSSR count). The molecule has 0 saturated carbocycles. The molecule has 4 aromatic rings. The van der Waals surface area contributed by atoms with Gasteiger partial charge >= 0.3 is 6.18 Å². The highest BCUT2D eigenvalue weighted by Crippen LogP contribution is 2.36. The number of nitrogens with zero attached hydrogens (tertiary/aromatic N) is 2. The molecule has 0 spiro atoms. The van der Waals surface area contributed by atoms with Gasteiger partial charge in [0.05, 0.1) is 5.56 Å². The van der Waals surface area contributed by atoms with Crippen molar-refractivity contribution in [3.05, 3.63) is 96.3 Å². The van der Waals surface area contributed by atoms with E-state index in [0.29, 0.717) is 23.1 Å². The molecule has 0 radical (unpaired) electrons. The molecule has 0 fully saturated rings. The standard InChI is InChI=1S/C24H20F3N4OP/c25-24(26,27)18-7-9-19(10-8-18)32-23-22(30-12-13-31-23)17-6-11-21(20(28)14-17)33(29)15-16-4-2-1-3-5-16/h1-14H,15,28-29H2. The molecule has 4 N–H and O–H groups in total. The summed E-state index contributed by atoms with van der Waals surface area (Å²) in [6.07, 6.45) is -0.768. The molecular weight excluding hydrogens is 448 g/mol. The molecule has 0 aliphatic carbocycles. The minimum atomic E-state index is -4.42. The van der Waals surface area contributed by atoms with E-state index in [1.807, 2.05) is 42.5 Å². The van der Waals surface area contributed by atoms with E-state index in [0.717, 1.165) is 23.0 Å². The lowest BCUT2D eigenvalue weighted by Gasteiger charge is -2.16. The Balaban J connectivity index is 1.57. The molecule has 168 valence electrons. The van der Waals surface area contributed by atoms with Crippen molar-refractivity contribution in [1.82, 2.24) is 9.97 Å². The number of ether oxygens (including phenoxy) is 1. The van der Waals surface area contributed by atoms with Crippen molar-refractivity contribution in [2.24, 2.45) is 5.50 Å². The Morgan fingerprint density at radius 2 is 1.58 bits per heavy atom. The first-order chi connectivity index (χ1) is 15.8. The van der Waals surface area contributed by atoms with Crippen LogP contribution in [0.3, 0.4) is 0 Å². The van der Waals surface area contributed by atoms with Crippen molar-refractivity contribution in [3.63, 3.8) is 0 Å². The summed E-state index contributed by atoms with van der Waals surface area (Å²) in [6, 6.07) is 19.8. The first-order valence-electron chi connectivity index (χ1n) is 9.93. The second-order valence-electron chi connectivity index (χ2n) is 7.22. The van der Waals surface area contributed by atoms with Gasteiger partial charge < -0.3 is 16.0 Å². The summed E-state index contributed by atoms with van der Waals surface area (Å²) in [5.41, 5.74) is 14.7. The SMILES string of the molecule is Nc1cc(-c2nccnc2Oc2ccc(C(F)(F)F)cc2)ccc1P(N)Cc1ccccc1. The van der Waals surface area contributed by atoms with Crippen molar-refractivity contribution in [2.75, 3.05) is 5.73 Å². The first kappa shape index (κ1) is 22.7. The number of aromatic nitrogens is 2. The van der Waals surface area contributed by atoms with E-state index in [-0.39, 0.29) is 11.6 Å². The van der Waals surface area contributed by atoms with Crippen LogP contribution in [0.1, 0.15) is 11.1 Å². The van der Waals surface area contributed by atoms with Gasteiger partial charge in [0.25, 0.3) is 0 Å². The molecule has 0 aliphatic rings. The third-order valence-corrected chi connectivity index (χ3v) is 6.60. The number of halogens is 3. The van der Waals surface area contributed by atoms with E-state index in [1.165, 1.54) is 24.5 Å². The molecule has 3 aromatic carbocycles. The Bertz CT molecular complexity index is 1230. The first-order valence-corrected chi connectivity index (χ1v) is 11.5. The zero-order valence-corrected chi connectivity index (χ0v) is 18.2. The topological polar surface area (TPSA) is 87.0 Å². The molecule has 1 heterocycles. The van der Waals surface area contributed by atoms with Crippen LogP contribution in [0, 0.1) is 0 Å². The number of anilines is 1. The number of hydrogen-bond acceptors (Lipinski definition) is 5. The van der Waals surface area contributed by atoms with Crippen LogP contribution in [-0.2, 0) is 12.3 Å². The quantitative estimate of drug-likeness (QED) is 0.279. The lowest BCUT2D eigenvalue weighted by Crippen LogP contribution is -2.14. The minimum absolute atomic E-state index is 0.156. The Labute approximate surface area is 190 Å². The van der Waals surface area contributed by atoms with Crippen molar-refractivity contribution in [2.45, 2.75) is 12.3 Å². The summed E-state index contributed by atoms with van der Waals surface area (Å²) in [4.78, 5) is 8.53. The zero-order valence-electron chi connectivity index (χ0n) is 17.3. The van der Waals surface area contributed by atoms with Crippen LogP contribution in [0.2, 0.25) is 0 Å². The van der Waals surface area contributed by atoms with E-state index in [9.17, 15) is 13.2 Å². The molecule has 33 heavy (non-hydrogen) atoms. The van der Waals surface area contributed by atoms with Crippen LogP contribution in [0.15, 0.2) is 85.2 Å². The van der Waals surface area contributed by atoms with Gasteiger partial charge in [-0.2, -0.15) is 13.2 Å². The predicted octanol–water partition coefficient (Wildman–Crippen LogP) is 5.72. The summed E-state index contributed by atoms with van der Waals surface area (Å²) in [6.45, 7) is 0. The molecule has 1 aromatic heterocycles. The molecule has 1 unspecified atom stereocenters. The van der Waals surface area contributed by atoms with Gasteiger partial charge in [0.2, 0.25) is 5.88 Å². The van der Waals surface area contributed by atoms with Crippen LogP contribution in [-0.4, -0.2) is 9.97 Å². The molecule has 9 heteroatoms. The van der Waals surface area contributed by atoms with Crippen LogP contribution in [0.25, 0.3) is 11.3 Å². The molecule has 0 amide bonds. The largest absolute Gasteiger partial charge is 0.437 e. The highest BCUT2D eigenvalue weighted by molar-refractivity contribution is 7.62. The van der Waals surface area contributed by atoms with Crippen molar-refractivity contribution < 1.29 is 17.9 Å². The minimum Gasteiger partial charge on any atom is -0.437 e. The van der Waals surface area contributed by atoms with Gasteiger partial charge in [-0.25, -0.2) is 9.97 Å². The van der Waals surface area contributed by atoms with E-state index in [1.54, 1.807) is 6.07 Å². The van der Waals surface area contributed by atoms with Crippen molar-refractivity contribution in [1.29, 1.82) is 0 Å². The Morgan fingerprint density at radius 3 is 2.24 bits per heavy atom. The molecule has 0 saturated heterocycles. The lowest BCUT2D eigenvalue weighted by molar-refractivity contribution is -0.137. The normalized spacial score (nSPS) is 12.4. The maximum atomic E-state index is 12.8. The highest BCUT2D eigenvalue weighted by atomic mass is 31.1. The van der Waals surface area contributed by atoms with Gasteiger partial charge in [-0.3, -0.25) is 0 Å². The second kappa shape index (κ2) is 9.57. The van der Waals surface area contributed by atoms with Crippen molar-refractivity contribution >= 4 is 19.1 Å². The number of rotatable bonds is 6. The Kier molecular flexibility index (Phi) is 6.58. The molecular formula is C24H20F3N4OP. The summed E-state index contributed by atoms with van der Waals surface area (Å²) in [7, 11) is -0.999. The van der Waals surface area contributed by atoms with Crippen LogP contribution in [0.4, 0.5) is 18.9 Å². The number of nitrogen functional groups attached to an aromatic ring is 1. The molecule has 1 atom stereocenters. The Hall–Kier alpha value is -3.48. The van der Waals surface area contributed by atoms with E-state index < -0.39 is 19.8 Å². The predicted molar refractivity (Wildman–Crippen MR) is 124 cm³/mol. The number of hydrogen-bond donors (Lipinski definition) is 2. The highest BCUT2D eigenvalue weighted by Gasteiger charge is 2.30. The maximum absolute atomic E-state index is 12.8. The Morgan fingerprint density at radius 1 is 0.879 bits per heavy atom. The van der Waals surface area contributed by atoms with Gasteiger partial charge in [-0.05, 0) is 44.0 Å². The fraction of sp³-hybridized carbons (Fsp3) is 0.0833. The number of benzene rings is 3. The van der Waals surface area contributed by atoms with E-state index >= 15 is 0 Å². The lowest BCUT2D eigenvalue weighted by atomic mass is 10.1. The molecule has 0 aliphatic heterocycles. The van der Waals surface area contributed by atoms with Crippen LogP contribution >= 0.6 is 8.07 Å². The summed E-state index contributed by atoms with van der Waals surface area (Å²) < 4.78 is 44.1. The second-order valence-corrected chi connectivity index (χ2v) is 8.96. The van der Waals surface area contributed by atoms with E-state index in [4.69, 9.17) is 16.0 Å². The van der Waals surface area contributed by atoms with E-state index in [2.05, 4.69) is 9.97 Å². The zero-order chi connectivity index (χ0) is 23.4. The fourth-order valence-corrected chi connectivity index (χ4v) is 4.69. The molecule has 0 bridgehead atoms. The van der Waals surface area contributed by atoms with Gasteiger partial charge in [0, 0.05) is 35.1 Å². The van der Waals surface area contributed by atoms with Crippen LogP contribution < -0.4 is 21.3 Å². The van der Waals surface area contributed by atoms with Gasteiger partial charge in [0.15, 0.2) is 0 Å². The third-order valence-electron chi connectivity index (χ3n) is 4.87. The van der Waals surface area contributed by atoms with Gasteiger partial charge in [-0.15, -0.1) is 0 Å². The third kappa shape index (κ3) is 5.48. The molecule has 5 nitrogen and oxygen atoms in total. The van der Waals surface area contributed by atoms with Crippen molar-refractivity contribution in [3.8, 4) is 22.9 Å². The average Bonchev–Trinajstić information content (AvgIpc) is 2.80. The number of alkyl halides is 3. The van der Waals surface area contributed by atoms with Gasteiger partial charge in [-0.1, -0.05) is 42.5 Å². The summed E-state index contributed by atoms with van der Waals surface area (Å²) in [5.74, 6) is 0.367. The van der Waals surface area contributed by atoms with Crippen LogP contribution in [0.5, 0.6) is 11.6 Å². The average molecular weight is 468 g/mol. The smallest absolute Gasteiger partial charge is 0.416 e.